The van der Waals surface area contributed by atoms with Crippen molar-refractivity contribution in [1.82, 2.24) is 9.97 Å². The highest BCUT2D eigenvalue weighted by Gasteiger charge is 2.14. The van der Waals surface area contributed by atoms with Gasteiger partial charge in [-0.25, -0.2) is 4.98 Å². The molecule has 43 heavy (non-hydrogen) atoms. The fraction of sp³-hybridized carbons (Fsp3) is 0.0909. The average molecular weight is 609 g/mol. The Morgan fingerprint density at radius 2 is 1.49 bits per heavy atom. The first-order valence-corrected chi connectivity index (χ1v) is 15.8. The minimum atomic E-state index is -4.30. The van der Waals surface area contributed by atoms with E-state index in [1.807, 2.05) is 78.9 Å². The molecule has 0 fully saturated rings. The fourth-order valence-corrected chi connectivity index (χ4v) is 6.57. The second kappa shape index (κ2) is 12.0. The van der Waals surface area contributed by atoms with Crippen LogP contribution in [0.4, 0.5) is 17.5 Å². The highest BCUT2D eigenvalue weighted by Crippen LogP contribution is 2.34. The summed E-state index contributed by atoms with van der Waals surface area (Å²) in [5.74, 6) is 1.09. The lowest BCUT2D eigenvalue weighted by Gasteiger charge is -2.15. The number of benzene rings is 5. The molecule has 0 atom stereocenters. The molecule has 1 heterocycles. The maximum atomic E-state index is 11.7. The van der Waals surface area contributed by atoms with Gasteiger partial charge < -0.3 is 15.7 Å². The van der Waals surface area contributed by atoms with Crippen molar-refractivity contribution in [2.75, 3.05) is 10.6 Å². The summed E-state index contributed by atoms with van der Waals surface area (Å²) in [6, 6.07) is 32.2. The van der Waals surface area contributed by atoms with E-state index in [2.05, 4.69) is 22.8 Å². The van der Waals surface area contributed by atoms with E-state index in [0.717, 1.165) is 48.5 Å². The Morgan fingerprint density at radius 3 is 2.26 bits per heavy atom. The van der Waals surface area contributed by atoms with Gasteiger partial charge in [-0.1, -0.05) is 66.4 Å². The van der Waals surface area contributed by atoms with Gasteiger partial charge in [-0.3, -0.25) is 4.55 Å². The van der Waals surface area contributed by atoms with Gasteiger partial charge in [0.15, 0.2) is 0 Å². The largest absolute Gasteiger partial charge is 0.392 e. The number of aliphatic hydroxyl groups excluding tert-OH is 1. The maximum absolute atomic E-state index is 11.7. The van der Waals surface area contributed by atoms with Crippen LogP contribution in [0, 0.1) is 6.92 Å². The molecule has 1 aromatic heterocycles. The van der Waals surface area contributed by atoms with Gasteiger partial charge in [0.25, 0.3) is 10.1 Å². The standard InChI is InChI=1S/C33H28N4O4S2/c1-21-16-26(43(39,40)41)17-22-14-15-25(18-28(21)22)35-32-27-10-4-5-11-29(27)36-33(37-32)34-19-23-8-2-6-12-30(23)42-31-13-7-3-9-24(31)20-38/h2-18,38H,19-20H2,1H3,(H,39,40,41)(H2,34,35,36,37). The predicted octanol–water partition coefficient (Wildman–Crippen LogP) is 7.34. The molecule has 0 spiro atoms. The zero-order valence-corrected chi connectivity index (χ0v) is 24.8. The summed E-state index contributed by atoms with van der Waals surface area (Å²) in [5, 5.41) is 19.0. The summed E-state index contributed by atoms with van der Waals surface area (Å²) >= 11 is 1.61. The molecule has 216 valence electrons. The lowest BCUT2D eigenvalue weighted by molar-refractivity contribution is 0.279. The van der Waals surface area contributed by atoms with Crippen molar-refractivity contribution in [1.29, 1.82) is 0 Å². The van der Waals surface area contributed by atoms with Crippen LogP contribution in [0.15, 0.2) is 118 Å². The van der Waals surface area contributed by atoms with Gasteiger partial charge in [0.1, 0.15) is 5.82 Å². The Balaban J connectivity index is 1.29. The van der Waals surface area contributed by atoms with Crippen molar-refractivity contribution in [3.8, 4) is 0 Å². The molecule has 4 N–H and O–H groups in total. The van der Waals surface area contributed by atoms with Gasteiger partial charge >= 0.3 is 0 Å². The van der Waals surface area contributed by atoms with Crippen LogP contribution >= 0.6 is 11.8 Å². The third-order valence-electron chi connectivity index (χ3n) is 7.07. The maximum Gasteiger partial charge on any atom is 0.294 e. The van der Waals surface area contributed by atoms with Gasteiger partial charge in [-0.15, -0.1) is 0 Å². The number of aliphatic hydroxyl groups is 1. The SMILES string of the molecule is Cc1cc(S(=O)(=O)O)cc2ccc(Nc3nc(NCc4ccccc4Sc4ccccc4CO)nc4ccccc34)cc12. The molecule has 6 aromatic rings. The average Bonchev–Trinajstić information content (AvgIpc) is 3.00. The van der Waals surface area contributed by atoms with E-state index in [1.165, 1.54) is 12.1 Å². The number of hydrogen-bond donors (Lipinski definition) is 4. The molecule has 0 aliphatic rings. The summed E-state index contributed by atoms with van der Waals surface area (Å²) in [6.07, 6.45) is 0. The Labute approximate surface area is 253 Å². The quantitative estimate of drug-likeness (QED) is 0.125. The number of anilines is 3. The molecular weight excluding hydrogens is 581 g/mol. The number of nitrogens with one attached hydrogen (secondary N) is 2. The molecule has 0 radical (unpaired) electrons. The summed E-state index contributed by atoms with van der Waals surface area (Å²) in [4.78, 5) is 11.5. The topological polar surface area (TPSA) is 124 Å². The minimum absolute atomic E-state index is 0.0212. The molecule has 10 heteroatoms. The molecule has 0 aliphatic carbocycles. The van der Waals surface area contributed by atoms with Crippen molar-refractivity contribution < 1.29 is 18.1 Å². The Kier molecular flexibility index (Phi) is 8.00. The molecule has 0 bridgehead atoms. The van der Waals surface area contributed by atoms with E-state index in [9.17, 15) is 18.1 Å². The van der Waals surface area contributed by atoms with Gasteiger partial charge in [0, 0.05) is 27.4 Å². The summed E-state index contributed by atoms with van der Waals surface area (Å²) in [7, 11) is -4.30. The summed E-state index contributed by atoms with van der Waals surface area (Å²) < 4.78 is 32.9. The van der Waals surface area contributed by atoms with Gasteiger partial charge in [-0.05, 0) is 82.9 Å². The normalized spacial score (nSPS) is 11.6. The number of hydrogen-bond acceptors (Lipinski definition) is 8. The van der Waals surface area contributed by atoms with Crippen molar-refractivity contribution >= 4 is 61.0 Å². The van der Waals surface area contributed by atoms with E-state index in [0.29, 0.717) is 23.7 Å². The zero-order chi connectivity index (χ0) is 30.0. The molecule has 6 rings (SSSR count). The Morgan fingerprint density at radius 1 is 0.791 bits per heavy atom. The second-order valence-electron chi connectivity index (χ2n) is 10.0. The first kappa shape index (κ1) is 28.6. The Bertz CT molecular complexity index is 2080. The highest BCUT2D eigenvalue weighted by atomic mass is 32.2. The van der Waals surface area contributed by atoms with E-state index < -0.39 is 10.1 Å². The van der Waals surface area contributed by atoms with E-state index in [-0.39, 0.29) is 11.5 Å². The molecule has 0 amide bonds. The molecule has 0 aliphatic heterocycles. The summed E-state index contributed by atoms with van der Waals surface area (Å²) in [5.41, 5.74) is 4.22. The molecular formula is C33H28N4O4S2. The fourth-order valence-electron chi connectivity index (χ4n) is 4.90. The molecule has 0 unspecified atom stereocenters. The molecule has 0 saturated carbocycles. The Hall–Kier alpha value is -4.48. The smallest absolute Gasteiger partial charge is 0.294 e. The van der Waals surface area contributed by atoms with Gasteiger partial charge in [-0.2, -0.15) is 13.4 Å². The monoisotopic (exact) mass is 608 g/mol. The van der Waals surface area contributed by atoms with E-state index >= 15 is 0 Å². The van der Waals surface area contributed by atoms with Crippen LogP contribution in [0.5, 0.6) is 0 Å². The van der Waals surface area contributed by atoms with Gasteiger partial charge in [0.2, 0.25) is 5.95 Å². The number of para-hydroxylation sites is 1. The molecule has 8 nitrogen and oxygen atoms in total. The first-order valence-electron chi connectivity index (χ1n) is 13.5. The number of rotatable bonds is 9. The van der Waals surface area contributed by atoms with Crippen molar-refractivity contribution in [3.63, 3.8) is 0 Å². The second-order valence-corrected chi connectivity index (χ2v) is 12.5. The van der Waals surface area contributed by atoms with Crippen molar-refractivity contribution in [2.45, 2.75) is 34.8 Å². The number of aryl methyl sites for hydroxylation is 1. The number of aromatic nitrogens is 2. The van der Waals surface area contributed by atoms with E-state index in [1.54, 1.807) is 18.7 Å². The molecule has 0 saturated heterocycles. The van der Waals surface area contributed by atoms with Crippen LogP contribution in [-0.2, 0) is 23.3 Å². The lowest BCUT2D eigenvalue weighted by Crippen LogP contribution is -2.07. The van der Waals surface area contributed by atoms with Crippen molar-refractivity contribution in [3.05, 3.63) is 120 Å². The number of nitrogens with zero attached hydrogens (tertiary/aromatic N) is 2. The number of fused-ring (bicyclic) bond motifs is 2. The minimum Gasteiger partial charge on any atom is -0.392 e. The van der Waals surface area contributed by atoms with Crippen LogP contribution in [0.2, 0.25) is 0 Å². The van der Waals surface area contributed by atoms with Crippen LogP contribution < -0.4 is 10.6 Å². The van der Waals surface area contributed by atoms with Crippen LogP contribution in [-0.4, -0.2) is 28.0 Å². The first-order chi connectivity index (χ1) is 20.8. The van der Waals surface area contributed by atoms with Crippen LogP contribution in [0.1, 0.15) is 16.7 Å². The third kappa shape index (κ3) is 6.32. The van der Waals surface area contributed by atoms with E-state index in [4.69, 9.17) is 9.97 Å². The van der Waals surface area contributed by atoms with Crippen molar-refractivity contribution in [2.24, 2.45) is 0 Å². The zero-order valence-electron chi connectivity index (χ0n) is 23.2. The predicted molar refractivity (Wildman–Crippen MR) is 172 cm³/mol. The molecule has 5 aromatic carbocycles. The van der Waals surface area contributed by atoms with Gasteiger partial charge in [0.05, 0.1) is 17.0 Å². The highest BCUT2D eigenvalue weighted by molar-refractivity contribution is 7.99. The third-order valence-corrected chi connectivity index (χ3v) is 9.14. The summed E-state index contributed by atoms with van der Waals surface area (Å²) in [6.45, 7) is 2.28. The lowest BCUT2D eigenvalue weighted by atomic mass is 10.0. The van der Waals surface area contributed by atoms with Crippen LogP contribution in [0.3, 0.4) is 0 Å². The van der Waals surface area contributed by atoms with Crippen LogP contribution in [0.25, 0.3) is 21.7 Å².